The molecule has 0 unspecified atom stereocenters. The zero-order valence-corrected chi connectivity index (χ0v) is 12.6. The monoisotopic (exact) mass is 307 g/mol. The molecule has 0 fully saturated rings. The Labute approximate surface area is 127 Å². The molecule has 1 heterocycles. The van der Waals surface area contributed by atoms with Crippen molar-refractivity contribution in [1.29, 1.82) is 0 Å². The van der Waals surface area contributed by atoms with Gasteiger partial charge in [-0.2, -0.15) is 0 Å². The van der Waals surface area contributed by atoms with Gasteiger partial charge in [-0.25, -0.2) is 4.79 Å². The second-order valence-electron chi connectivity index (χ2n) is 4.20. The first kappa shape index (κ1) is 15.7. The second kappa shape index (κ2) is 7.35. The zero-order chi connectivity index (χ0) is 15.9. The third kappa shape index (κ3) is 3.69. The molecular weight excluding hydrogens is 290 g/mol. The molecule has 0 spiro atoms. The van der Waals surface area contributed by atoms with E-state index in [4.69, 9.17) is 23.5 Å². The number of nitrogens with zero attached hydrogens (tertiary/aromatic N) is 1. The van der Waals surface area contributed by atoms with Crippen LogP contribution in [0.1, 0.15) is 23.2 Å². The Kier molecular flexibility index (Phi) is 5.24. The van der Waals surface area contributed by atoms with E-state index < -0.39 is 5.97 Å². The molecule has 0 amide bonds. The zero-order valence-electron chi connectivity index (χ0n) is 12.6. The van der Waals surface area contributed by atoms with E-state index in [1.54, 1.807) is 39.3 Å². The second-order valence-corrected chi connectivity index (χ2v) is 4.20. The normalized spacial score (nSPS) is 10.1. The molecule has 22 heavy (non-hydrogen) atoms. The third-order valence-corrected chi connectivity index (χ3v) is 2.78. The highest BCUT2D eigenvalue weighted by atomic mass is 16.5. The predicted molar refractivity (Wildman–Crippen MR) is 76.3 cm³/mol. The Morgan fingerprint density at radius 1 is 1.18 bits per heavy atom. The quantitative estimate of drug-likeness (QED) is 0.727. The van der Waals surface area contributed by atoms with Crippen molar-refractivity contribution >= 4 is 5.97 Å². The molecule has 0 aliphatic carbocycles. The van der Waals surface area contributed by atoms with E-state index in [0.29, 0.717) is 23.0 Å². The van der Waals surface area contributed by atoms with Crippen LogP contribution in [0.4, 0.5) is 0 Å². The van der Waals surface area contributed by atoms with Crippen molar-refractivity contribution in [3.63, 3.8) is 0 Å². The number of ether oxygens (including phenoxy) is 4. The molecule has 0 atom stereocenters. The molecule has 0 aliphatic heterocycles. The van der Waals surface area contributed by atoms with Gasteiger partial charge in [0.05, 0.1) is 20.8 Å². The van der Waals surface area contributed by atoms with Gasteiger partial charge in [0.25, 0.3) is 0 Å². The number of hydrogen-bond donors (Lipinski definition) is 0. The van der Waals surface area contributed by atoms with Crippen LogP contribution in [-0.2, 0) is 11.3 Å². The number of esters is 1. The summed E-state index contributed by atoms with van der Waals surface area (Å²) in [6.45, 7) is 2.13. The highest BCUT2D eigenvalue weighted by Gasteiger charge is 2.14. The maximum atomic E-state index is 11.5. The molecule has 0 aliphatic rings. The molecule has 0 bridgehead atoms. The number of aromatic nitrogens is 1. The summed E-state index contributed by atoms with van der Waals surface area (Å²) >= 11 is 0. The molecule has 2 aromatic rings. The van der Waals surface area contributed by atoms with E-state index in [2.05, 4.69) is 5.16 Å². The Morgan fingerprint density at radius 3 is 2.64 bits per heavy atom. The smallest absolute Gasteiger partial charge is 0.360 e. The largest absolute Gasteiger partial charge is 0.493 e. The summed E-state index contributed by atoms with van der Waals surface area (Å²) in [5.41, 5.74) is 0.118. The summed E-state index contributed by atoms with van der Waals surface area (Å²) in [5, 5.41) is 3.63. The van der Waals surface area contributed by atoms with Gasteiger partial charge >= 0.3 is 5.97 Å². The summed E-state index contributed by atoms with van der Waals surface area (Å²) < 4.78 is 25.8. The lowest BCUT2D eigenvalue weighted by Gasteiger charge is -2.09. The summed E-state index contributed by atoms with van der Waals surface area (Å²) in [6, 6.07) is 6.66. The molecule has 0 saturated carbocycles. The van der Waals surface area contributed by atoms with Crippen LogP contribution in [0.3, 0.4) is 0 Å². The van der Waals surface area contributed by atoms with Crippen molar-refractivity contribution < 1.29 is 28.3 Å². The minimum atomic E-state index is -0.524. The predicted octanol–water partition coefficient (Wildman–Crippen LogP) is 2.45. The highest BCUT2D eigenvalue weighted by Crippen LogP contribution is 2.31. The molecule has 0 N–H and O–H groups in total. The molecule has 1 aromatic carbocycles. The van der Waals surface area contributed by atoms with E-state index >= 15 is 0 Å². The van der Waals surface area contributed by atoms with Gasteiger partial charge < -0.3 is 23.5 Å². The maximum absolute atomic E-state index is 11.5. The number of carbonyl (C=O) groups excluding carboxylic acids is 1. The lowest BCUT2D eigenvalue weighted by Crippen LogP contribution is -2.04. The summed E-state index contributed by atoms with van der Waals surface area (Å²) in [5.74, 6) is 1.64. The Bertz CT molecular complexity index is 637. The average molecular weight is 307 g/mol. The summed E-state index contributed by atoms with van der Waals surface area (Å²) in [7, 11) is 3.10. The van der Waals surface area contributed by atoms with E-state index in [1.807, 2.05) is 0 Å². The molecule has 7 nitrogen and oxygen atoms in total. The number of benzene rings is 1. The number of carbonyl (C=O) groups is 1. The Balaban J connectivity index is 2.00. The van der Waals surface area contributed by atoms with Crippen LogP contribution >= 0.6 is 0 Å². The SMILES string of the molecule is CCOC(=O)c1cc(COc2ccc(OC)c(OC)c2)on1. The van der Waals surface area contributed by atoms with Gasteiger partial charge in [-0.15, -0.1) is 0 Å². The maximum Gasteiger partial charge on any atom is 0.360 e. The van der Waals surface area contributed by atoms with E-state index in [-0.39, 0.29) is 18.9 Å². The molecule has 118 valence electrons. The van der Waals surface area contributed by atoms with Crippen LogP contribution in [0, 0.1) is 0 Å². The van der Waals surface area contributed by atoms with Gasteiger partial charge in [0, 0.05) is 12.1 Å². The number of rotatable bonds is 7. The van der Waals surface area contributed by atoms with Crippen LogP contribution in [-0.4, -0.2) is 32.0 Å². The van der Waals surface area contributed by atoms with Crippen LogP contribution in [0.5, 0.6) is 17.2 Å². The average Bonchev–Trinajstić information content (AvgIpc) is 3.02. The van der Waals surface area contributed by atoms with E-state index in [0.717, 1.165) is 0 Å². The van der Waals surface area contributed by atoms with Gasteiger partial charge in [0.2, 0.25) is 0 Å². The van der Waals surface area contributed by atoms with Gasteiger partial charge in [0.1, 0.15) is 12.4 Å². The van der Waals surface area contributed by atoms with Crippen molar-refractivity contribution in [1.82, 2.24) is 5.16 Å². The van der Waals surface area contributed by atoms with Gasteiger partial charge in [-0.1, -0.05) is 5.16 Å². The van der Waals surface area contributed by atoms with Gasteiger partial charge in [0.15, 0.2) is 23.0 Å². The van der Waals surface area contributed by atoms with Gasteiger partial charge in [-0.3, -0.25) is 0 Å². The first-order chi connectivity index (χ1) is 10.7. The van der Waals surface area contributed by atoms with Crippen LogP contribution in [0.2, 0.25) is 0 Å². The van der Waals surface area contributed by atoms with Crippen molar-refractivity contribution in [2.75, 3.05) is 20.8 Å². The summed E-state index contributed by atoms with van der Waals surface area (Å²) in [4.78, 5) is 11.5. The highest BCUT2D eigenvalue weighted by molar-refractivity contribution is 5.87. The molecule has 1 aromatic heterocycles. The molecular formula is C15H17NO6. The number of hydrogen-bond acceptors (Lipinski definition) is 7. The van der Waals surface area contributed by atoms with Gasteiger partial charge in [-0.05, 0) is 19.1 Å². The van der Waals surface area contributed by atoms with Crippen molar-refractivity contribution in [3.8, 4) is 17.2 Å². The van der Waals surface area contributed by atoms with Crippen molar-refractivity contribution in [2.24, 2.45) is 0 Å². The minimum Gasteiger partial charge on any atom is -0.493 e. The van der Waals surface area contributed by atoms with Crippen molar-refractivity contribution in [2.45, 2.75) is 13.5 Å². The van der Waals surface area contributed by atoms with E-state index in [1.165, 1.54) is 6.07 Å². The van der Waals surface area contributed by atoms with E-state index in [9.17, 15) is 4.79 Å². The Morgan fingerprint density at radius 2 is 1.95 bits per heavy atom. The Hall–Kier alpha value is -2.70. The molecule has 2 rings (SSSR count). The standard InChI is InChI=1S/C15H17NO6/c1-4-20-15(17)12-7-11(22-16-12)9-21-10-5-6-13(18-2)14(8-10)19-3/h5-8H,4,9H2,1-3H3. The van der Waals surface area contributed by atoms with Crippen LogP contribution in [0.25, 0.3) is 0 Å². The number of methoxy groups -OCH3 is 2. The fourth-order valence-corrected chi connectivity index (χ4v) is 1.74. The first-order valence-corrected chi connectivity index (χ1v) is 6.65. The molecule has 7 heteroatoms. The lowest BCUT2D eigenvalue weighted by atomic mass is 10.3. The summed E-state index contributed by atoms with van der Waals surface area (Å²) in [6.07, 6.45) is 0. The van der Waals surface area contributed by atoms with Crippen LogP contribution < -0.4 is 14.2 Å². The third-order valence-electron chi connectivity index (χ3n) is 2.78. The minimum absolute atomic E-state index is 0.118. The fourth-order valence-electron chi connectivity index (χ4n) is 1.74. The lowest BCUT2D eigenvalue weighted by molar-refractivity contribution is 0.0514. The first-order valence-electron chi connectivity index (χ1n) is 6.65. The van der Waals surface area contributed by atoms with Crippen LogP contribution in [0.15, 0.2) is 28.8 Å². The van der Waals surface area contributed by atoms with Crippen molar-refractivity contribution in [3.05, 3.63) is 35.7 Å². The topological polar surface area (TPSA) is 80.0 Å². The molecule has 0 radical (unpaired) electrons. The molecule has 0 saturated heterocycles. The fraction of sp³-hybridized carbons (Fsp3) is 0.333.